The number of hydrogen-bond acceptors (Lipinski definition) is 4. The maximum atomic E-state index is 6.78. The van der Waals surface area contributed by atoms with E-state index >= 15 is 0 Å². The van der Waals surface area contributed by atoms with Gasteiger partial charge in [-0.15, -0.1) is 0 Å². The van der Waals surface area contributed by atoms with Gasteiger partial charge < -0.3 is 4.90 Å². The predicted molar refractivity (Wildman–Crippen MR) is 113 cm³/mol. The van der Waals surface area contributed by atoms with E-state index in [-0.39, 0.29) is 6.04 Å². The average molecular weight is 449 g/mol. The average Bonchev–Trinajstić information content (AvgIpc) is 3.20. The van der Waals surface area contributed by atoms with Crippen molar-refractivity contribution in [2.75, 3.05) is 11.4 Å². The number of nitrogens with zero attached hydrogens (tertiary/aromatic N) is 5. The monoisotopic (exact) mass is 447 g/mol. The van der Waals surface area contributed by atoms with Gasteiger partial charge in [-0.1, -0.05) is 25.4 Å². The van der Waals surface area contributed by atoms with Crippen LogP contribution in [-0.2, 0) is 6.54 Å². The van der Waals surface area contributed by atoms with E-state index < -0.39 is 0 Å². The van der Waals surface area contributed by atoms with Gasteiger partial charge in [-0.2, -0.15) is 5.10 Å². The highest BCUT2D eigenvalue weighted by molar-refractivity contribution is 9.10. The van der Waals surface area contributed by atoms with Crippen LogP contribution >= 0.6 is 27.5 Å². The topological polar surface area (TPSA) is 46.8 Å². The molecule has 0 radical (unpaired) electrons. The molecule has 142 valence electrons. The summed E-state index contributed by atoms with van der Waals surface area (Å²) >= 11 is 10.4. The second-order valence-corrected chi connectivity index (χ2v) is 8.76. The molecule has 3 aromatic heterocycles. The molecule has 0 saturated carbocycles. The van der Waals surface area contributed by atoms with E-state index in [1.165, 1.54) is 0 Å². The number of pyridine rings is 2. The first kappa shape index (κ1) is 18.7. The summed E-state index contributed by atoms with van der Waals surface area (Å²) in [6.07, 6.45) is 5.81. The number of aryl methyl sites for hydroxylation is 1. The van der Waals surface area contributed by atoms with Crippen molar-refractivity contribution >= 4 is 44.3 Å². The van der Waals surface area contributed by atoms with Gasteiger partial charge in [0.1, 0.15) is 11.0 Å². The Labute approximate surface area is 172 Å². The molecular weight excluding hydrogens is 426 g/mol. The lowest BCUT2D eigenvalue weighted by Crippen LogP contribution is -2.24. The number of rotatable bonds is 4. The number of anilines is 1. The molecule has 0 aromatic carbocycles. The van der Waals surface area contributed by atoms with Gasteiger partial charge >= 0.3 is 0 Å². The van der Waals surface area contributed by atoms with Crippen molar-refractivity contribution < 1.29 is 0 Å². The molecule has 0 spiro atoms. The zero-order chi connectivity index (χ0) is 19.1. The van der Waals surface area contributed by atoms with Gasteiger partial charge in [0.15, 0.2) is 0 Å². The molecule has 5 nitrogen and oxygen atoms in total. The Hall–Kier alpha value is -1.66. The number of halogens is 2. The summed E-state index contributed by atoms with van der Waals surface area (Å²) in [6.45, 7) is 8.20. The smallest absolute Gasteiger partial charge is 0.138 e. The number of hydrogen-bond donors (Lipinski definition) is 0. The molecule has 1 aliphatic rings. The van der Waals surface area contributed by atoms with Crippen molar-refractivity contribution in [3.05, 3.63) is 45.4 Å². The van der Waals surface area contributed by atoms with Gasteiger partial charge in [-0.3, -0.25) is 9.67 Å². The standard InChI is InChI=1S/C20H23BrClN5/c1-12(2)11-27-19(22)17(13(3)25-27)16-7-5-9-26(16)20-14-6-4-8-23-18(14)15(21)10-24-20/h4,6,8,10,12,16H,5,7,9,11H2,1-3H3. The van der Waals surface area contributed by atoms with Gasteiger partial charge in [0, 0.05) is 36.4 Å². The molecular formula is C20H23BrClN5. The van der Waals surface area contributed by atoms with E-state index in [0.717, 1.165) is 63.5 Å². The lowest BCUT2D eigenvalue weighted by atomic mass is 10.1. The Kier molecular flexibility index (Phi) is 5.12. The second-order valence-electron chi connectivity index (χ2n) is 7.55. The van der Waals surface area contributed by atoms with Gasteiger partial charge in [-0.05, 0) is 53.7 Å². The first-order valence-electron chi connectivity index (χ1n) is 9.36. The summed E-state index contributed by atoms with van der Waals surface area (Å²) < 4.78 is 2.86. The maximum absolute atomic E-state index is 6.78. The van der Waals surface area contributed by atoms with Gasteiger partial charge in [0.25, 0.3) is 0 Å². The van der Waals surface area contributed by atoms with Gasteiger partial charge in [-0.25, -0.2) is 4.98 Å². The van der Waals surface area contributed by atoms with Crippen LogP contribution < -0.4 is 4.90 Å². The summed E-state index contributed by atoms with van der Waals surface area (Å²) in [5.41, 5.74) is 3.08. The fourth-order valence-corrected chi connectivity index (χ4v) is 4.77. The van der Waals surface area contributed by atoms with Crippen LogP contribution in [-0.4, -0.2) is 26.3 Å². The first-order chi connectivity index (χ1) is 13.0. The molecule has 3 aromatic rings. The normalized spacial score (nSPS) is 17.4. The molecule has 1 saturated heterocycles. The fraction of sp³-hybridized carbons (Fsp3) is 0.450. The minimum Gasteiger partial charge on any atom is -0.349 e. The van der Waals surface area contributed by atoms with Crippen molar-refractivity contribution in [3.8, 4) is 0 Å². The van der Waals surface area contributed by atoms with E-state index in [1.54, 1.807) is 0 Å². The third-order valence-electron chi connectivity index (χ3n) is 5.08. The molecule has 1 atom stereocenters. The van der Waals surface area contributed by atoms with Crippen LogP contribution in [0.5, 0.6) is 0 Å². The van der Waals surface area contributed by atoms with Crippen LogP contribution in [0.2, 0.25) is 5.15 Å². The minimum absolute atomic E-state index is 0.190. The van der Waals surface area contributed by atoms with Crippen molar-refractivity contribution in [2.45, 2.75) is 46.2 Å². The summed E-state index contributed by atoms with van der Waals surface area (Å²) in [5.74, 6) is 1.47. The molecule has 1 fully saturated rings. The van der Waals surface area contributed by atoms with E-state index in [9.17, 15) is 0 Å². The number of fused-ring (bicyclic) bond motifs is 1. The van der Waals surface area contributed by atoms with Gasteiger partial charge in [0.05, 0.1) is 21.7 Å². The van der Waals surface area contributed by atoms with E-state index in [4.69, 9.17) is 21.7 Å². The zero-order valence-corrected chi connectivity index (χ0v) is 18.1. The van der Waals surface area contributed by atoms with E-state index in [1.807, 2.05) is 23.1 Å². The van der Waals surface area contributed by atoms with Crippen LogP contribution in [0.25, 0.3) is 10.9 Å². The molecule has 0 aliphatic carbocycles. The molecule has 0 N–H and O–H groups in total. The molecule has 0 bridgehead atoms. The second kappa shape index (κ2) is 7.40. The maximum Gasteiger partial charge on any atom is 0.138 e. The van der Waals surface area contributed by atoms with Crippen LogP contribution in [0, 0.1) is 12.8 Å². The summed E-state index contributed by atoms with van der Waals surface area (Å²) in [4.78, 5) is 11.6. The van der Waals surface area contributed by atoms with Crippen molar-refractivity contribution in [1.82, 2.24) is 19.7 Å². The molecule has 27 heavy (non-hydrogen) atoms. The highest BCUT2D eigenvalue weighted by Crippen LogP contribution is 2.42. The van der Waals surface area contributed by atoms with Crippen molar-refractivity contribution in [2.24, 2.45) is 5.92 Å². The molecule has 4 heterocycles. The zero-order valence-electron chi connectivity index (χ0n) is 15.8. The summed E-state index contributed by atoms with van der Waals surface area (Å²) in [7, 11) is 0. The SMILES string of the molecule is Cc1nn(CC(C)C)c(Cl)c1C1CCCN1c1ncc(Br)c2ncccc12. The van der Waals surface area contributed by atoms with Crippen molar-refractivity contribution in [3.63, 3.8) is 0 Å². The third-order valence-corrected chi connectivity index (χ3v) is 6.06. The first-order valence-corrected chi connectivity index (χ1v) is 10.5. The Morgan fingerprint density at radius 1 is 1.33 bits per heavy atom. The molecule has 0 amide bonds. The van der Waals surface area contributed by atoms with E-state index in [2.05, 4.69) is 52.7 Å². The molecule has 1 aliphatic heterocycles. The third kappa shape index (κ3) is 3.34. The highest BCUT2D eigenvalue weighted by atomic mass is 79.9. The Bertz CT molecular complexity index is 984. The quantitative estimate of drug-likeness (QED) is 0.525. The van der Waals surface area contributed by atoms with Crippen LogP contribution in [0.4, 0.5) is 5.82 Å². The minimum atomic E-state index is 0.190. The summed E-state index contributed by atoms with van der Waals surface area (Å²) in [5, 5.41) is 6.54. The number of aromatic nitrogens is 4. The van der Waals surface area contributed by atoms with Crippen molar-refractivity contribution in [1.29, 1.82) is 0 Å². The Balaban J connectivity index is 1.79. The Morgan fingerprint density at radius 2 is 2.15 bits per heavy atom. The molecule has 4 rings (SSSR count). The lowest BCUT2D eigenvalue weighted by molar-refractivity contribution is 0.481. The van der Waals surface area contributed by atoms with Crippen LogP contribution in [0.1, 0.15) is 44.0 Å². The van der Waals surface area contributed by atoms with Gasteiger partial charge in [0.2, 0.25) is 0 Å². The van der Waals surface area contributed by atoms with Crippen LogP contribution in [0.3, 0.4) is 0 Å². The summed E-state index contributed by atoms with van der Waals surface area (Å²) in [6, 6.07) is 4.24. The largest absolute Gasteiger partial charge is 0.349 e. The fourth-order valence-electron chi connectivity index (χ4n) is 3.99. The van der Waals surface area contributed by atoms with E-state index in [0.29, 0.717) is 5.92 Å². The predicted octanol–water partition coefficient (Wildman–Crippen LogP) is 5.55. The molecule has 7 heteroatoms. The molecule has 1 unspecified atom stereocenters. The lowest BCUT2D eigenvalue weighted by Gasteiger charge is -2.27. The Morgan fingerprint density at radius 3 is 2.93 bits per heavy atom. The highest BCUT2D eigenvalue weighted by Gasteiger charge is 2.33. The van der Waals surface area contributed by atoms with Crippen LogP contribution in [0.15, 0.2) is 29.0 Å².